The third kappa shape index (κ3) is 4.24. The quantitative estimate of drug-likeness (QED) is 0.326. The number of aryl methyl sites for hydroxylation is 2. The number of aliphatic hydroxyl groups is 1. The minimum Gasteiger partial charge on any atom is -0.507 e. The summed E-state index contributed by atoms with van der Waals surface area (Å²) in [5.74, 6) is -0.934. The first kappa shape index (κ1) is 22.3. The van der Waals surface area contributed by atoms with Crippen LogP contribution >= 0.6 is 0 Å². The Bertz CT molecular complexity index is 1220. The fourth-order valence-corrected chi connectivity index (χ4v) is 4.01. The van der Waals surface area contributed by atoms with E-state index in [0.29, 0.717) is 29.2 Å². The Labute approximate surface area is 193 Å². The molecule has 1 aliphatic heterocycles. The highest BCUT2D eigenvalue weighted by molar-refractivity contribution is 6.51. The van der Waals surface area contributed by atoms with Crippen LogP contribution in [-0.2, 0) is 9.59 Å². The molecule has 1 atom stereocenters. The predicted octanol–water partition coefficient (Wildman–Crippen LogP) is 5.11. The number of aromatic nitrogens is 1. The van der Waals surface area contributed by atoms with Crippen molar-refractivity contribution in [3.8, 4) is 5.75 Å². The molecule has 168 valence electrons. The lowest BCUT2D eigenvalue weighted by Crippen LogP contribution is -2.30. The van der Waals surface area contributed by atoms with Gasteiger partial charge in [0.15, 0.2) is 0 Å². The number of ether oxygens (including phenoxy) is 1. The second kappa shape index (κ2) is 9.28. The van der Waals surface area contributed by atoms with E-state index in [1.165, 1.54) is 4.90 Å². The van der Waals surface area contributed by atoms with Gasteiger partial charge >= 0.3 is 0 Å². The average Bonchev–Trinajstić information content (AvgIpc) is 3.10. The number of ketones is 1. The highest BCUT2D eigenvalue weighted by Crippen LogP contribution is 2.43. The number of benzene rings is 2. The topological polar surface area (TPSA) is 79.7 Å². The maximum atomic E-state index is 13.3. The molecule has 6 nitrogen and oxygen atoms in total. The van der Waals surface area contributed by atoms with Crippen molar-refractivity contribution in [2.24, 2.45) is 0 Å². The molecule has 1 aliphatic rings. The molecule has 0 saturated carbocycles. The van der Waals surface area contributed by atoms with E-state index in [9.17, 15) is 14.7 Å². The summed E-state index contributed by atoms with van der Waals surface area (Å²) in [4.78, 5) is 32.1. The molecule has 6 heteroatoms. The van der Waals surface area contributed by atoms with Gasteiger partial charge in [-0.3, -0.25) is 19.5 Å². The predicted molar refractivity (Wildman–Crippen MR) is 127 cm³/mol. The van der Waals surface area contributed by atoms with Crippen LogP contribution in [0.4, 0.5) is 5.69 Å². The zero-order valence-corrected chi connectivity index (χ0v) is 18.9. The van der Waals surface area contributed by atoms with Crippen molar-refractivity contribution in [3.05, 3.63) is 94.8 Å². The number of hydrogen-bond donors (Lipinski definition) is 1. The molecule has 1 unspecified atom stereocenters. The number of carbonyl (C=O) groups excluding carboxylic acids is 2. The number of rotatable bonds is 6. The van der Waals surface area contributed by atoms with E-state index in [0.717, 1.165) is 17.5 Å². The van der Waals surface area contributed by atoms with Crippen LogP contribution in [0.25, 0.3) is 5.76 Å². The zero-order valence-electron chi connectivity index (χ0n) is 18.9. The summed E-state index contributed by atoms with van der Waals surface area (Å²) in [6.45, 7) is 6.44. The van der Waals surface area contributed by atoms with Crippen LogP contribution in [0.2, 0.25) is 0 Å². The molecule has 1 saturated heterocycles. The lowest BCUT2D eigenvalue weighted by atomic mass is 9.95. The van der Waals surface area contributed by atoms with Crippen LogP contribution in [-0.4, -0.2) is 28.4 Å². The molecule has 1 aromatic heterocycles. The van der Waals surface area contributed by atoms with Crippen molar-refractivity contribution in [3.63, 3.8) is 0 Å². The Hall–Kier alpha value is -3.93. The van der Waals surface area contributed by atoms with Gasteiger partial charge in [-0.05, 0) is 79.4 Å². The van der Waals surface area contributed by atoms with Gasteiger partial charge in [-0.25, -0.2) is 0 Å². The smallest absolute Gasteiger partial charge is 0.300 e. The number of amides is 1. The molecule has 0 radical (unpaired) electrons. The van der Waals surface area contributed by atoms with Gasteiger partial charge in [0.1, 0.15) is 11.5 Å². The second-order valence-electron chi connectivity index (χ2n) is 8.11. The van der Waals surface area contributed by atoms with E-state index >= 15 is 0 Å². The van der Waals surface area contributed by atoms with E-state index < -0.39 is 17.7 Å². The number of aliphatic hydroxyl groups excluding tert-OH is 1. The molecule has 2 aromatic carbocycles. The molecule has 0 aliphatic carbocycles. The van der Waals surface area contributed by atoms with Gasteiger partial charge in [-0.15, -0.1) is 0 Å². The molecule has 0 bridgehead atoms. The SMILES string of the molecule is CCCOc1ccc(/C(O)=C2\C(=O)C(=O)N(c3cc(C)ccc3C)C2c2ccncc2)cc1. The number of anilines is 1. The number of Topliss-reactive ketones (excluding diaryl/α,β-unsaturated/α-hetero) is 1. The van der Waals surface area contributed by atoms with Gasteiger partial charge in [-0.2, -0.15) is 0 Å². The highest BCUT2D eigenvalue weighted by Gasteiger charge is 2.47. The summed E-state index contributed by atoms with van der Waals surface area (Å²) < 4.78 is 5.61. The molecule has 4 rings (SSSR count). The molecule has 2 heterocycles. The number of hydrogen-bond acceptors (Lipinski definition) is 5. The fourth-order valence-electron chi connectivity index (χ4n) is 4.01. The Morgan fingerprint density at radius 3 is 2.39 bits per heavy atom. The molecule has 0 spiro atoms. The lowest BCUT2D eigenvalue weighted by molar-refractivity contribution is -0.132. The maximum absolute atomic E-state index is 13.3. The van der Waals surface area contributed by atoms with Crippen LogP contribution in [0.5, 0.6) is 5.75 Å². The van der Waals surface area contributed by atoms with Gasteiger partial charge in [0.25, 0.3) is 11.7 Å². The third-order valence-corrected chi connectivity index (χ3v) is 5.69. The van der Waals surface area contributed by atoms with Crippen molar-refractivity contribution in [2.45, 2.75) is 33.2 Å². The van der Waals surface area contributed by atoms with E-state index in [-0.39, 0.29) is 11.3 Å². The lowest BCUT2D eigenvalue weighted by Gasteiger charge is -2.27. The van der Waals surface area contributed by atoms with Crippen LogP contribution in [0.15, 0.2) is 72.6 Å². The number of pyridine rings is 1. The summed E-state index contributed by atoms with van der Waals surface area (Å²) in [7, 11) is 0. The Kier molecular flexibility index (Phi) is 6.27. The largest absolute Gasteiger partial charge is 0.507 e. The number of carbonyl (C=O) groups is 2. The van der Waals surface area contributed by atoms with Crippen LogP contribution in [0, 0.1) is 13.8 Å². The van der Waals surface area contributed by atoms with Crippen molar-refractivity contribution in [2.75, 3.05) is 11.5 Å². The van der Waals surface area contributed by atoms with E-state index in [4.69, 9.17) is 4.74 Å². The first-order chi connectivity index (χ1) is 15.9. The Morgan fingerprint density at radius 2 is 1.73 bits per heavy atom. The fraction of sp³-hybridized carbons (Fsp3) is 0.222. The van der Waals surface area contributed by atoms with Gasteiger partial charge in [0, 0.05) is 23.6 Å². The highest BCUT2D eigenvalue weighted by atomic mass is 16.5. The van der Waals surface area contributed by atoms with Crippen molar-refractivity contribution in [1.82, 2.24) is 4.98 Å². The van der Waals surface area contributed by atoms with Crippen molar-refractivity contribution in [1.29, 1.82) is 0 Å². The summed E-state index contributed by atoms with van der Waals surface area (Å²) in [5, 5.41) is 11.2. The first-order valence-electron chi connectivity index (χ1n) is 10.9. The standard InChI is InChI=1S/C27H26N2O4/c1-4-15-33-21-9-7-20(8-10-21)25(30)23-24(19-11-13-28-14-12-19)29(27(32)26(23)31)22-16-17(2)5-6-18(22)3/h5-14,16,24,30H,4,15H2,1-3H3/b25-23+. The van der Waals surface area contributed by atoms with E-state index in [1.54, 1.807) is 48.8 Å². The van der Waals surface area contributed by atoms with Gasteiger partial charge in [0.2, 0.25) is 0 Å². The monoisotopic (exact) mass is 442 g/mol. The number of nitrogens with zero attached hydrogens (tertiary/aromatic N) is 2. The molecular weight excluding hydrogens is 416 g/mol. The van der Waals surface area contributed by atoms with E-state index in [1.807, 2.05) is 39.0 Å². The average molecular weight is 443 g/mol. The van der Waals surface area contributed by atoms with Gasteiger partial charge in [-0.1, -0.05) is 19.1 Å². The Morgan fingerprint density at radius 1 is 1.03 bits per heavy atom. The van der Waals surface area contributed by atoms with Crippen LogP contribution in [0.3, 0.4) is 0 Å². The maximum Gasteiger partial charge on any atom is 0.300 e. The first-order valence-corrected chi connectivity index (χ1v) is 10.9. The summed E-state index contributed by atoms with van der Waals surface area (Å²) in [5.41, 5.74) is 3.65. The molecule has 1 amide bonds. The molecular formula is C27H26N2O4. The van der Waals surface area contributed by atoms with Gasteiger partial charge < -0.3 is 9.84 Å². The van der Waals surface area contributed by atoms with Crippen LogP contribution in [0.1, 0.15) is 41.6 Å². The minimum absolute atomic E-state index is 0.0503. The third-order valence-electron chi connectivity index (χ3n) is 5.69. The minimum atomic E-state index is -0.774. The molecule has 33 heavy (non-hydrogen) atoms. The van der Waals surface area contributed by atoms with E-state index in [2.05, 4.69) is 4.98 Å². The zero-order chi connectivity index (χ0) is 23.5. The Balaban J connectivity index is 1.86. The van der Waals surface area contributed by atoms with Crippen molar-refractivity contribution >= 4 is 23.1 Å². The molecule has 1 fully saturated rings. The van der Waals surface area contributed by atoms with Crippen LogP contribution < -0.4 is 9.64 Å². The molecule has 1 N–H and O–H groups in total. The normalized spacial score (nSPS) is 17.4. The second-order valence-corrected chi connectivity index (χ2v) is 8.11. The molecule has 3 aromatic rings. The summed E-state index contributed by atoms with van der Waals surface area (Å²) in [6.07, 6.45) is 4.10. The summed E-state index contributed by atoms with van der Waals surface area (Å²) >= 11 is 0. The van der Waals surface area contributed by atoms with Gasteiger partial charge in [0.05, 0.1) is 18.2 Å². The van der Waals surface area contributed by atoms with Crippen molar-refractivity contribution < 1.29 is 19.4 Å². The summed E-state index contributed by atoms with van der Waals surface area (Å²) in [6, 6.07) is 15.4.